The molecule has 0 saturated heterocycles. The van der Waals surface area contributed by atoms with Gasteiger partial charge in [0.15, 0.2) is 6.26 Å². The van der Waals surface area contributed by atoms with E-state index in [1.807, 2.05) is 39.8 Å². The van der Waals surface area contributed by atoms with Gasteiger partial charge in [0.25, 0.3) is 0 Å². The van der Waals surface area contributed by atoms with Crippen molar-refractivity contribution in [3.63, 3.8) is 0 Å². The Hall–Kier alpha value is -2.31. The fraction of sp³-hybridized carbons (Fsp3) is 0.450. The van der Waals surface area contributed by atoms with Gasteiger partial charge in [-0.3, -0.25) is 4.79 Å². The largest absolute Gasteiger partial charge is 0.507 e. The predicted octanol–water partition coefficient (Wildman–Crippen LogP) is 3.69. The molecule has 2 N–H and O–H groups in total. The number of carbonyl (C=O) groups is 1. The fourth-order valence-electron chi connectivity index (χ4n) is 2.13. The average molecular weight is 366 g/mol. The lowest BCUT2D eigenvalue weighted by molar-refractivity contribution is -0.254. The van der Waals surface area contributed by atoms with E-state index in [9.17, 15) is 9.90 Å². The van der Waals surface area contributed by atoms with Gasteiger partial charge in [-0.15, -0.1) is 13.2 Å². The topological polar surface area (TPSA) is 85.2 Å². The van der Waals surface area contributed by atoms with E-state index in [4.69, 9.17) is 9.84 Å². The van der Waals surface area contributed by atoms with Crippen LogP contribution in [0, 0.1) is 6.92 Å². The van der Waals surface area contributed by atoms with Crippen molar-refractivity contribution in [1.82, 2.24) is 0 Å². The number of phenols is 1. The van der Waals surface area contributed by atoms with Crippen LogP contribution in [0.5, 0.6) is 5.75 Å². The number of carbonyl (C=O) groups excluding carboxylic acids is 1. The summed E-state index contributed by atoms with van der Waals surface area (Å²) in [6.07, 6.45) is 2.88. The van der Waals surface area contributed by atoms with Crippen LogP contribution < -0.4 is 0 Å². The minimum atomic E-state index is -0.403. The van der Waals surface area contributed by atoms with E-state index in [2.05, 4.69) is 22.9 Å². The number of rotatable bonds is 8. The number of aromatic hydroxyl groups is 1. The molecule has 0 amide bonds. The van der Waals surface area contributed by atoms with Crippen molar-refractivity contribution in [2.24, 2.45) is 0 Å². The first kappa shape index (κ1) is 23.7. The summed E-state index contributed by atoms with van der Waals surface area (Å²) in [6.45, 7) is 13.8. The van der Waals surface area contributed by atoms with Crippen LogP contribution in [-0.2, 0) is 31.1 Å². The average Bonchev–Trinajstić information content (AvgIpc) is 2.59. The maximum absolute atomic E-state index is 11.7. The summed E-state index contributed by atoms with van der Waals surface area (Å²) in [5.74, 6) is -0.100. The van der Waals surface area contributed by atoms with Gasteiger partial charge in [-0.1, -0.05) is 32.9 Å². The molecule has 26 heavy (non-hydrogen) atoms. The number of phenolic OH excluding ortho intramolecular Hbond substituents is 1. The van der Waals surface area contributed by atoms with Crippen molar-refractivity contribution >= 4 is 5.97 Å². The second-order valence-corrected chi connectivity index (χ2v) is 6.46. The zero-order valence-corrected chi connectivity index (χ0v) is 16.1. The molecule has 0 aliphatic rings. The summed E-state index contributed by atoms with van der Waals surface area (Å²) in [6, 6.07) is 3.80. The molecule has 6 heteroatoms. The second-order valence-electron chi connectivity index (χ2n) is 6.46. The maximum Gasteiger partial charge on any atom is 0.311 e. The summed E-state index contributed by atoms with van der Waals surface area (Å²) >= 11 is 0. The summed E-state index contributed by atoms with van der Waals surface area (Å²) in [5.41, 5.74) is 2.44. The van der Waals surface area contributed by atoms with Crippen molar-refractivity contribution < 1.29 is 29.5 Å². The fourth-order valence-corrected chi connectivity index (χ4v) is 2.13. The van der Waals surface area contributed by atoms with E-state index in [1.165, 1.54) is 0 Å². The Labute approximate surface area is 155 Å². The van der Waals surface area contributed by atoms with Gasteiger partial charge in [-0.05, 0) is 35.4 Å². The number of ether oxygens (including phenoxy) is 1. The third-order valence-electron chi connectivity index (χ3n) is 3.34. The number of aliphatic hydroxyl groups is 1. The normalized spacial score (nSPS) is 11.0. The lowest BCUT2D eigenvalue weighted by Gasteiger charge is -2.22. The van der Waals surface area contributed by atoms with E-state index in [0.717, 1.165) is 29.2 Å². The van der Waals surface area contributed by atoms with E-state index >= 15 is 0 Å². The minimum absolute atomic E-state index is 0.0363. The summed E-state index contributed by atoms with van der Waals surface area (Å²) in [4.78, 5) is 20.7. The monoisotopic (exact) mass is 366 g/mol. The third-order valence-corrected chi connectivity index (χ3v) is 3.34. The molecular weight excluding hydrogens is 336 g/mol. The lowest BCUT2D eigenvalue weighted by atomic mass is 9.83. The predicted molar refractivity (Wildman–Crippen MR) is 100 cm³/mol. The Morgan fingerprint density at radius 1 is 1.23 bits per heavy atom. The molecule has 0 saturated carbocycles. The van der Waals surface area contributed by atoms with Crippen molar-refractivity contribution in [3.8, 4) is 5.75 Å². The summed E-state index contributed by atoms with van der Waals surface area (Å²) < 4.78 is 4.86. The molecular formula is C20H30O6. The van der Waals surface area contributed by atoms with Gasteiger partial charge >= 0.3 is 5.97 Å². The van der Waals surface area contributed by atoms with Crippen LogP contribution in [0.15, 0.2) is 37.8 Å². The Kier molecular flexibility index (Phi) is 11.0. The lowest BCUT2D eigenvalue weighted by Crippen LogP contribution is -2.13. The van der Waals surface area contributed by atoms with Crippen LogP contribution in [0.2, 0.25) is 0 Å². The van der Waals surface area contributed by atoms with E-state index < -0.39 is 5.97 Å². The number of hydrogen-bond acceptors (Lipinski definition) is 6. The molecule has 0 unspecified atom stereocenters. The van der Waals surface area contributed by atoms with E-state index in [1.54, 1.807) is 0 Å². The van der Waals surface area contributed by atoms with Gasteiger partial charge in [-0.25, -0.2) is 0 Å². The van der Waals surface area contributed by atoms with Gasteiger partial charge in [-0.2, -0.15) is 4.89 Å². The van der Waals surface area contributed by atoms with Gasteiger partial charge in [0, 0.05) is 6.42 Å². The molecule has 1 aromatic carbocycles. The summed E-state index contributed by atoms with van der Waals surface area (Å²) in [7, 11) is 0. The quantitative estimate of drug-likeness (QED) is 0.182. The maximum atomic E-state index is 11.7. The Morgan fingerprint density at radius 3 is 2.46 bits per heavy atom. The number of aliphatic hydroxyl groups excluding tert-OH is 1. The molecule has 0 radical (unpaired) electrons. The molecule has 0 fully saturated rings. The molecule has 0 aliphatic heterocycles. The third kappa shape index (κ3) is 8.69. The first-order chi connectivity index (χ1) is 12.3. The SMILES string of the molecule is C=C.Cc1cc(CCC(=O)O/C=C\OOCCO)cc(C(C)(C)C)c1O. The highest BCUT2D eigenvalue weighted by Gasteiger charge is 2.20. The highest BCUT2D eigenvalue weighted by Crippen LogP contribution is 2.34. The molecule has 146 valence electrons. The van der Waals surface area contributed by atoms with Gasteiger partial charge in [0.05, 0.1) is 6.61 Å². The van der Waals surface area contributed by atoms with E-state index in [0.29, 0.717) is 12.2 Å². The molecule has 1 aromatic rings. The molecule has 0 aliphatic carbocycles. The first-order valence-corrected chi connectivity index (χ1v) is 8.32. The molecule has 0 atom stereocenters. The minimum Gasteiger partial charge on any atom is -0.507 e. The van der Waals surface area contributed by atoms with Crippen LogP contribution in [-0.4, -0.2) is 29.4 Å². The highest BCUT2D eigenvalue weighted by atomic mass is 17.2. The second kappa shape index (κ2) is 12.1. The van der Waals surface area contributed by atoms with Crippen LogP contribution >= 0.6 is 0 Å². The van der Waals surface area contributed by atoms with Gasteiger partial charge in [0.2, 0.25) is 0 Å². The van der Waals surface area contributed by atoms with Crippen molar-refractivity contribution in [2.75, 3.05) is 13.2 Å². The number of aryl methyl sites for hydroxylation is 2. The smallest absolute Gasteiger partial charge is 0.311 e. The van der Waals surface area contributed by atoms with Crippen molar-refractivity contribution in [1.29, 1.82) is 0 Å². The Morgan fingerprint density at radius 2 is 1.88 bits per heavy atom. The Balaban J connectivity index is 0.00000301. The summed E-state index contributed by atoms with van der Waals surface area (Å²) in [5, 5.41) is 18.7. The molecule has 0 aromatic heterocycles. The number of esters is 1. The zero-order valence-electron chi connectivity index (χ0n) is 16.1. The van der Waals surface area contributed by atoms with Crippen LogP contribution in [0.1, 0.15) is 43.9 Å². The van der Waals surface area contributed by atoms with Crippen LogP contribution in [0.4, 0.5) is 0 Å². The van der Waals surface area contributed by atoms with Gasteiger partial charge in [0.1, 0.15) is 18.6 Å². The number of benzene rings is 1. The first-order valence-electron chi connectivity index (χ1n) is 8.32. The molecule has 1 rings (SSSR count). The molecule has 6 nitrogen and oxygen atoms in total. The molecule has 0 bridgehead atoms. The Bertz CT molecular complexity index is 587. The molecule has 0 heterocycles. The van der Waals surface area contributed by atoms with Crippen LogP contribution in [0.25, 0.3) is 0 Å². The highest BCUT2D eigenvalue weighted by molar-refractivity contribution is 5.70. The van der Waals surface area contributed by atoms with Crippen molar-refractivity contribution in [3.05, 3.63) is 54.5 Å². The van der Waals surface area contributed by atoms with Crippen LogP contribution in [0.3, 0.4) is 0 Å². The number of hydrogen-bond donors (Lipinski definition) is 2. The zero-order chi connectivity index (χ0) is 20.2. The van der Waals surface area contributed by atoms with E-state index in [-0.39, 0.29) is 25.0 Å². The van der Waals surface area contributed by atoms with Gasteiger partial charge < -0.3 is 19.8 Å². The van der Waals surface area contributed by atoms with Crippen molar-refractivity contribution in [2.45, 2.75) is 46.0 Å². The standard InChI is InChI=1S/C18H26O6.C2H4/c1-13-11-14(12-15(17(13)21)18(2,3)4)5-6-16(20)22-9-10-24-23-8-7-19;1-2/h9-12,19,21H,5-8H2,1-4H3;1-2H2/b10-9-;. The molecule has 0 spiro atoms.